The van der Waals surface area contributed by atoms with Gasteiger partial charge in [0.25, 0.3) is 5.91 Å². The van der Waals surface area contributed by atoms with Crippen LogP contribution in [0, 0.1) is 12.8 Å². The molecule has 5 nitrogen and oxygen atoms in total. The van der Waals surface area contributed by atoms with Gasteiger partial charge < -0.3 is 16.0 Å². The minimum absolute atomic E-state index is 0.0738. The molecule has 2 amide bonds. The van der Waals surface area contributed by atoms with Gasteiger partial charge >= 0.3 is 0 Å². The van der Waals surface area contributed by atoms with E-state index in [0.717, 1.165) is 42.7 Å². The molecular formula is C22H27N3O2. The lowest BCUT2D eigenvalue weighted by atomic mass is 9.98. The second-order valence-corrected chi connectivity index (χ2v) is 7.47. The summed E-state index contributed by atoms with van der Waals surface area (Å²) in [6.45, 7) is 5.78. The highest BCUT2D eigenvalue weighted by Crippen LogP contribution is 2.21. The van der Waals surface area contributed by atoms with Crippen molar-refractivity contribution in [2.24, 2.45) is 5.92 Å². The van der Waals surface area contributed by atoms with Crippen molar-refractivity contribution in [2.75, 3.05) is 24.1 Å². The third-order valence-corrected chi connectivity index (χ3v) is 5.16. The summed E-state index contributed by atoms with van der Waals surface area (Å²) in [4.78, 5) is 26.9. The summed E-state index contributed by atoms with van der Waals surface area (Å²) < 4.78 is 0. The lowest BCUT2D eigenvalue weighted by Crippen LogP contribution is -2.37. The summed E-state index contributed by atoms with van der Waals surface area (Å²) in [7, 11) is 0. The number of carbonyl (C=O) groups excluding carboxylic acids is 2. The fraction of sp³-hybridized carbons (Fsp3) is 0.364. The minimum Gasteiger partial charge on any atom is -0.399 e. The largest absolute Gasteiger partial charge is 0.399 e. The average molecular weight is 365 g/mol. The van der Waals surface area contributed by atoms with Crippen molar-refractivity contribution in [3.05, 3.63) is 59.2 Å². The number of nitrogens with zero attached hydrogens (tertiary/aromatic N) is 1. The molecule has 1 saturated heterocycles. The molecule has 1 aliphatic heterocycles. The molecule has 0 unspecified atom stereocenters. The molecule has 27 heavy (non-hydrogen) atoms. The number of anilines is 2. The second-order valence-electron chi connectivity index (χ2n) is 7.47. The van der Waals surface area contributed by atoms with Crippen molar-refractivity contribution in [3.8, 4) is 0 Å². The number of likely N-dealkylation sites (tertiary alicyclic amines) is 1. The van der Waals surface area contributed by atoms with Crippen molar-refractivity contribution in [1.29, 1.82) is 0 Å². The molecule has 1 aliphatic rings. The highest BCUT2D eigenvalue weighted by atomic mass is 16.2. The van der Waals surface area contributed by atoms with E-state index in [1.807, 2.05) is 36.1 Å². The van der Waals surface area contributed by atoms with Crippen LogP contribution in [0.5, 0.6) is 0 Å². The Labute approximate surface area is 160 Å². The number of hydrogen-bond acceptors (Lipinski definition) is 3. The zero-order valence-electron chi connectivity index (χ0n) is 16.0. The van der Waals surface area contributed by atoms with Gasteiger partial charge in [-0.3, -0.25) is 9.59 Å². The number of benzene rings is 2. The fourth-order valence-corrected chi connectivity index (χ4v) is 3.35. The van der Waals surface area contributed by atoms with Crippen molar-refractivity contribution >= 4 is 23.2 Å². The van der Waals surface area contributed by atoms with Crippen molar-refractivity contribution < 1.29 is 9.59 Å². The summed E-state index contributed by atoms with van der Waals surface area (Å²) in [5.74, 6) is 0.672. The number of hydrogen-bond donors (Lipinski definition) is 2. The topological polar surface area (TPSA) is 75.4 Å². The van der Waals surface area contributed by atoms with Crippen molar-refractivity contribution in [1.82, 2.24) is 4.90 Å². The van der Waals surface area contributed by atoms with E-state index in [1.165, 1.54) is 0 Å². The first-order valence-corrected chi connectivity index (χ1v) is 9.46. The normalized spacial score (nSPS) is 14.8. The Bertz CT molecular complexity index is 822. The third-order valence-electron chi connectivity index (χ3n) is 5.16. The van der Waals surface area contributed by atoms with Gasteiger partial charge in [-0.25, -0.2) is 0 Å². The molecule has 0 atom stereocenters. The molecule has 1 heterocycles. The molecule has 0 bridgehead atoms. The molecule has 1 fully saturated rings. The molecule has 2 aromatic carbocycles. The van der Waals surface area contributed by atoms with Gasteiger partial charge in [-0.2, -0.15) is 0 Å². The third kappa shape index (κ3) is 4.88. The Morgan fingerprint density at radius 3 is 2.41 bits per heavy atom. The van der Waals surface area contributed by atoms with Gasteiger partial charge in [-0.1, -0.05) is 19.1 Å². The van der Waals surface area contributed by atoms with Crippen LogP contribution in [0.3, 0.4) is 0 Å². The van der Waals surface area contributed by atoms with E-state index in [1.54, 1.807) is 18.2 Å². The summed E-state index contributed by atoms with van der Waals surface area (Å²) in [5.41, 5.74) is 9.56. The van der Waals surface area contributed by atoms with Gasteiger partial charge in [-0.05, 0) is 67.1 Å². The Morgan fingerprint density at radius 2 is 1.78 bits per heavy atom. The molecule has 0 aromatic heterocycles. The fourth-order valence-electron chi connectivity index (χ4n) is 3.35. The van der Waals surface area contributed by atoms with E-state index < -0.39 is 0 Å². The van der Waals surface area contributed by atoms with E-state index in [9.17, 15) is 9.59 Å². The number of carbonyl (C=O) groups is 2. The minimum atomic E-state index is -0.0908. The molecule has 0 aliphatic carbocycles. The molecule has 0 radical (unpaired) electrons. The second kappa shape index (κ2) is 8.25. The van der Waals surface area contributed by atoms with Crippen LogP contribution in [-0.4, -0.2) is 29.8 Å². The highest BCUT2D eigenvalue weighted by molar-refractivity contribution is 5.97. The lowest BCUT2D eigenvalue weighted by molar-refractivity contribution is -0.115. The number of rotatable bonds is 4. The lowest BCUT2D eigenvalue weighted by Gasteiger charge is -2.30. The zero-order valence-corrected chi connectivity index (χ0v) is 16.0. The number of nitrogens with one attached hydrogen (secondary N) is 1. The molecular weight excluding hydrogens is 338 g/mol. The van der Waals surface area contributed by atoms with Crippen LogP contribution in [0.1, 0.15) is 41.3 Å². The summed E-state index contributed by atoms with van der Waals surface area (Å²) in [6, 6.07) is 12.7. The van der Waals surface area contributed by atoms with Crippen LogP contribution in [-0.2, 0) is 11.2 Å². The SMILES string of the molecule is Cc1cc(C(=O)N2CCC(C)CC2)ccc1NC(=O)Cc1ccc(N)cc1. The standard InChI is InChI=1S/C22H27N3O2/c1-15-9-11-25(12-10-15)22(27)18-5-8-20(16(2)13-18)24-21(26)14-17-3-6-19(23)7-4-17/h3-8,13,15H,9-12,14,23H2,1-2H3,(H,24,26). The number of piperidine rings is 1. The first-order chi connectivity index (χ1) is 12.9. The van der Waals surface area contributed by atoms with E-state index in [0.29, 0.717) is 17.2 Å². The van der Waals surface area contributed by atoms with Crippen molar-refractivity contribution in [2.45, 2.75) is 33.1 Å². The highest BCUT2D eigenvalue weighted by Gasteiger charge is 2.21. The Balaban J connectivity index is 1.63. The quantitative estimate of drug-likeness (QED) is 0.813. The van der Waals surface area contributed by atoms with Crippen molar-refractivity contribution in [3.63, 3.8) is 0 Å². The molecule has 5 heteroatoms. The monoisotopic (exact) mass is 365 g/mol. The van der Waals surface area contributed by atoms with Crippen LogP contribution < -0.4 is 11.1 Å². The van der Waals surface area contributed by atoms with E-state index in [2.05, 4.69) is 12.2 Å². The molecule has 2 aromatic rings. The Hall–Kier alpha value is -2.82. The smallest absolute Gasteiger partial charge is 0.253 e. The van der Waals surface area contributed by atoms with Crippen LogP contribution in [0.2, 0.25) is 0 Å². The van der Waals surface area contributed by atoms with Gasteiger partial charge in [0.05, 0.1) is 6.42 Å². The predicted octanol–water partition coefficient (Wildman–Crippen LogP) is 3.63. The maximum absolute atomic E-state index is 12.7. The van der Waals surface area contributed by atoms with Crippen LogP contribution in [0.15, 0.2) is 42.5 Å². The number of amides is 2. The van der Waals surface area contributed by atoms with Crippen LogP contribution >= 0.6 is 0 Å². The first-order valence-electron chi connectivity index (χ1n) is 9.46. The first kappa shape index (κ1) is 19.0. The Morgan fingerprint density at radius 1 is 1.11 bits per heavy atom. The summed E-state index contributed by atoms with van der Waals surface area (Å²) in [6.07, 6.45) is 2.40. The molecule has 3 N–H and O–H groups in total. The van der Waals surface area contributed by atoms with Gasteiger partial charge in [-0.15, -0.1) is 0 Å². The van der Waals surface area contributed by atoms with Gasteiger partial charge in [0.15, 0.2) is 0 Å². The van der Waals surface area contributed by atoms with Crippen LogP contribution in [0.4, 0.5) is 11.4 Å². The number of nitrogen functional groups attached to an aromatic ring is 1. The number of nitrogens with two attached hydrogens (primary N) is 1. The molecule has 0 spiro atoms. The number of aryl methyl sites for hydroxylation is 1. The molecule has 142 valence electrons. The zero-order chi connectivity index (χ0) is 19.4. The average Bonchev–Trinajstić information content (AvgIpc) is 2.65. The molecule has 0 saturated carbocycles. The van der Waals surface area contributed by atoms with Crippen LogP contribution in [0.25, 0.3) is 0 Å². The van der Waals surface area contributed by atoms with Gasteiger partial charge in [0.2, 0.25) is 5.91 Å². The maximum Gasteiger partial charge on any atom is 0.253 e. The predicted molar refractivity (Wildman–Crippen MR) is 109 cm³/mol. The summed E-state index contributed by atoms with van der Waals surface area (Å²) in [5, 5.41) is 2.93. The summed E-state index contributed by atoms with van der Waals surface area (Å²) >= 11 is 0. The van der Waals surface area contributed by atoms with Gasteiger partial charge in [0, 0.05) is 30.0 Å². The van der Waals surface area contributed by atoms with E-state index in [-0.39, 0.29) is 18.2 Å². The van der Waals surface area contributed by atoms with E-state index in [4.69, 9.17) is 5.73 Å². The van der Waals surface area contributed by atoms with Gasteiger partial charge in [0.1, 0.15) is 0 Å². The maximum atomic E-state index is 12.7. The molecule has 3 rings (SSSR count). The Kier molecular flexibility index (Phi) is 5.79. The van der Waals surface area contributed by atoms with E-state index >= 15 is 0 Å².